The minimum absolute atomic E-state index is 0.367. The Morgan fingerprint density at radius 3 is 1.64 bits per heavy atom. The van der Waals surface area contributed by atoms with E-state index in [2.05, 4.69) is 96.3 Å². The molecule has 6 aromatic carbocycles. The van der Waals surface area contributed by atoms with Gasteiger partial charge in [-0.25, -0.2) is 9.98 Å². The second-order valence-corrected chi connectivity index (χ2v) is 10.3. The Hall–Kier alpha value is -5.79. The van der Waals surface area contributed by atoms with Crippen molar-refractivity contribution < 1.29 is 0 Å². The summed E-state index contributed by atoms with van der Waals surface area (Å²) in [5.41, 5.74) is 8.16. The molecule has 7 rings (SSSR count). The summed E-state index contributed by atoms with van der Waals surface area (Å²) in [7, 11) is 0. The molecular weight excluding hydrogens is 512 g/mol. The first-order chi connectivity index (χ1) is 20.7. The number of nitrogens with one attached hydrogen (secondary N) is 1. The molecule has 0 fully saturated rings. The van der Waals surface area contributed by atoms with Gasteiger partial charge in [-0.2, -0.15) is 5.26 Å². The molecule has 0 saturated carbocycles. The number of nitrogens with zero attached hydrogens (tertiary/aromatic N) is 3. The van der Waals surface area contributed by atoms with Gasteiger partial charge in [0, 0.05) is 11.1 Å². The minimum atomic E-state index is -0.367. The molecule has 0 saturated heterocycles. The van der Waals surface area contributed by atoms with Crippen molar-refractivity contribution in [1.82, 2.24) is 5.32 Å². The molecule has 0 aromatic heterocycles. The fourth-order valence-electron chi connectivity index (χ4n) is 5.31. The molecule has 0 radical (unpaired) electrons. The summed E-state index contributed by atoms with van der Waals surface area (Å²) in [5, 5.41) is 15.0. The Morgan fingerprint density at radius 1 is 0.476 bits per heavy atom. The monoisotopic (exact) mass is 538 g/mol. The van der Waals surface area contributed by atoms with Crippen LogP contribution in [0.4, 0.5) is 0 Å². The Kier molecular flexibility index (Phi) is 6.60. The van der Waals surface area contributed by atoms with Crippen LogP contribution in [0.25, 0.3) is 33.0 Å². The molecule has 1 aliphatic rings. The van der Waals surface area contributed by atoms with Crippen LogP contribution >= 0.6 is 0 Å². The van der Waals surface area contributed by atoms with Crippen molar-refractivity contribution >= 4 is 22.4 Å². The molecule has 0 unspecified atom stereocenters. The first kappa shape index (κ1) is 25.2. The van der Waals surface area contributed by atoms with Crippen LogP contribution in [0.15, 0.2) is 156 Å². The highest BCUT2D eigenvalue weighted by Gasteiger charge is 2.20. The summed E-state index contributed by atoms with van der Waals surface area (Å²) >= 11 is 0. The summed E-state index contributed by atoms with van der Waals surface area (Å²) in [5.74, 6) is 1.62. The highest BCUT2D eigenvalue weighted by atomic mass is 15.2. The molecule has 1 heterocycles. The van der Waals surface area contributed by atoms with Gasteiger partial charge in [-0.15, -0.1) is 0 Å². The standard InChI is InChI=1S/C38H26N4/c39-25-26-8-7-13-32(22-26)27-14-16-28(17-15-27)33-20-18-29-19-21-34(24-35(29)23-33)38-41-36(30-9-3-1-4-10-30)40-37(42-38)31-11-5-2-6-12-31/h1-24,38H,(H,40,41,42). The van der Waals surface area contributed by atoms with Crippen molar-refractivity contribution in [2.45, 2.75) is 6.17 Å². The molecular formula is C38H26N4. The van der Waals surface area contributed by atoms with Crippen LogP contribution in [0.2, 0.25) is 0 Å². The third kappa shape index (κ3) is 5.08. The van der Waals surface area contributed by atoms with Gasteiger partial charge >= 0.3 is 0 Å². The van der Waals surface area contributed by atoms with Gasteiger partial charge in [0.15, 0.2) is 6.17 Å². The predicted molar refractivity (Wildman–Crippen MR) is 171 cm³/mol. The normalized spacial score (nSPS) is 13.1. The zero-order chi connectivity index (χ0) is 28.3. The van der Waals surface area contributed by atoms with Crippen molar-refractivity contribution in [3.05, 3.63) is 168 Å². The fraction of sp³-hybridized carbons (Fsp3) is 0.0263. The van der Waals surface area contributed by atoms with Crippen molar-refractivity contribution in [3.63, 3.8) is 0 Å². The van der Waals surface area contributed by atoms with E-state index in [4.69, 9.17) is 9.98 Å². The lowest BCUT2D eigenvalue weighted by molar-refractivity contribution is 0.757. The SMILES string of the molecule is N#Cc1cccc(-c2ccc(-c3ccc4ccc(C5N=C(c6ccccc6)NC(c6ccccc6)=N5)cc4c3)cc2)c1. The van der Waals surface area contributed by atoms with E-state index in [1.54, 1.807) is 0 Å². The van der Waals surface area contributed by atoms with E-state index in [1.807, 2.05) is 60.7 Å². The first-order valence-corrected chi connectivity index (χ1v) is 13.9. The van der Waals surface area contributed by atoms with Crippen molar-refractivity contribution in [3.8, 4) is 28.3 Å². The maximum absolute atomic E-state index is 9.25. The van der Waals surface area contributed by atoms with Crippen LogP contribution in [-0.4, -0.2) is 11.7 Å². The lowest BCUT2D eigenvalue weighted by Gasteiger charge is -2.22. The molecule has 0 atom stereocenters. The summed E-state index contributed by atoms with van der Waals surface area (Å²) in [6.45, 7) is 0. The summed E-state index contributed by atoms with van der Waals surface area (Å²) in [6, 6.07) is 51.8. The third-order valence-electron chi connectivity index (χ3n) is 7.54. The second kappa shape index (κ2) is 11.0. The average molecular weight is 539 g/mol. The first-order valence-electron chi connectivity index (χ1n) is 13.9. The highest BCUT2D eigenvalue weighted by Crippen LogP contribution is 2.31. The van der Waals surface area contributed by atoms with Crippen LogP contribution in [0.5, 0.6) is 0 Å². The van der Waals surface area contributed by atoms with Gasteiger partial charge in [0.2, 0.25) is 0 Å². The van der Waals surface area contributed by atoms with E-state index in [0.29, 0.717) is 5.56 Å². The molecule has 1 N–H and O–H groups in total. The third-order valence-corrected chi connectivity index (χ3v) is 7.54. The van der Waals surface area contributed by atoms with Crippen LogP contribution < -0.4 is 5.32 Å². The Morgan fingerprint density at radius 2 is 1.02 bits per heavy atom. The molecule has 1 aliphatic heterocycles. The smallest absolute Gasteiger partial charge is 0.169 e. The van der Waals surface area contributed by atoms with E-state index < -0.39 is 0 Å². The van der Waals surface area contributed by atoms with Crippen LogP contribution in [0.3, 0.4) is 0 Å². The summed E-state index contributed by atoms with van der Waals surface area (Å²) in [4.78, 5) is 10.1. The molecule has 0 bridgehead atoms. The molecule has 198 valence electrons. The minimum Gasteiger partial charge on any atom is -0.324 e. The molecule has 0 spiro atoms. The second-order valence-electron chi connectivity index (χ2n) is 10.3. The number of hydrogen-bond acceptors (Lipinski definition) is 4. The molecule has 4 heteroatoms. The maximum atomic E-state index is 9.25. The number of aliphatic imine (C=N–C) groups is 2. The van der Waals surface area contributed by atoms with E-state index in [1.165, 1.54) is 5.39 Å². The van der Waals surface area contributed by atoms with Gasteiger partial charge in [0.05, 0.1) is 11.6 Å². The van der Waals surface area contributed by atoms with Crippen LogP contribution in [0, 0.1) is 11.3 Å². The predicted octanol–water partition coefficient (Wildman–Crippen LogP) is 8.54. The maximum Gasteiger partial charge on any atom is 0.169 e. The Balaban J connectivity index is 1.24. The molecule has 0 aliphatic carbocycles. The number of benzene rings is 6. The quantitative estimate of drug-likeness (QED) is 0.239. The summed E-state index contributed by atoms with van der Waals surface area (Å²) < 4.78 is 0. The largest absolute Gasteiger partial charge is 0.324 e. The lowest BCUT2D eigenvalue weighted by Crippen LogP contribution is -2.35. The number of fused-ring (bicyclic) bond motifs is 1. The number of nitriles is 1. The van der Waals surface area contributed by atoms with Crippen LogP contribution in [-0.2, 0) is 0 Å². The van der Waals surface area contributed by atoms with E-state index in [-0.39, 0.29) is 6.17 Å². The van der Waals surface area contributed by atoms with E-state index >= 15 is 0 Å². The van der Waals surface area contributed by atoms with Gasteiger partial charge in [0.25, 0.3) is 0 Å². The van der Waals surface area contributed by atoms with E-state index in [0.717, 1.165) is 56.0 Å². The Bertz CT molecular complexity index is 1950. The van der Waals surface area contributed by atoms with Crippen molar-refractivity contribution in [2.75, 3.05) is 0 Å². The number of amidine groups is 2. The zero-order valence-electron chi connectivity index (χ0n) is 22.8. The number of hydrogen-bond donors (Lipinski definition) is 1. The summed E-state index contributed by atoms with van der Waals surface area (Å²) in [6.07, 6.45) is -0.367. The zero-order valence-corrected chi connectivity index (χ0v) is 22.8. The molecule has 6 aromatic rings. The van der Waals surface area contributed by atoms with Gasteiger partial charge in [0.1, 0.15) is 11.7 Å². The van der Waals surface area contributed by atoms with Crippen molar-refractivity contribution in [1.29, 1.82) is 5.26 Å². The highest BCUT2D eigenvalue weighted by molar-refractivity contribution is 6.15. The van der Waals surface area contributed by atoms with Gasteiger partial charge < -0.3 is 5.32 Å². The average Bonchev–Trinajstić information content (AvgIpc) is 3.08. The van der Waals surface area contributed by atoms with Crippen LogP contribution in [0.1, 0.15) is 28.4 Å². The number of rotatable bonds is 5. The Labute approximate surface area is 245 Å². The van der Waals surface area contributed by atoms with Crippen molar-refractivity contribution in [2.24, 2.45) is 9.98 Å². The van der Waals surface area contributed by atoms with Gasteiger partial charge in [-0.1, -0.05) is 121 Å². The molecule has 0 amide bonds. The molecule has 42 heavy (non-hydrogen) atoms. The topological polar surface area (TPSA) is 60.5 Å². The lowest BCUT2D eigenvalue weighted by atomic mass is 9.97. The van der Waals surface area contributed by atoms with Gasteiger partial charge in [-0.05, 0) is 62.9 Å². The molecule has 4 nitrogen and oxygen atoms in total. The van der Waals surface area contributed by atoms with Gasteiger partial charge in [-0.3, -0.25) is 0 Å². The van der Waals surface area contributed by atoms with E-state index in [9.17, 15) is 5.26 Å². The fourth-order valence-corrected chi connectivity index (χ4v) is 5.31.